The fourth-order valence-electron chi connectivity index (χ4n) is 1.92. The number of benzene rings is 1. The van der Waals surface area contributed by atoms with Crippen LogP contribution in [0, 0.1) is 17.1 Å². The number of hydrogen-bond donors (Lipinski definition) is 1. The van der Waals surface area contributed by atoms with Gasteiger partial charge in [-0.15, -0.1) is 0 Å². The van der Waals surface area contributed by atoms with Crippen LogP contribution in [0.2, 0.25) is 0 Å². The minimum absolute atomic E-state index is 0.324. The summed E-state index contributed by atoms with van der Waals surface area (Å²) in [7, 11) is 1.66. The highest BCUT2D eigenvalue weighted by atomic mass is 19.1. The number of hydrogen-bond acceptors (Lipinski definition) is 4. The molecule has 1 N–H and O–H groups in total. The molecule has 0 bridgehead atoms. The first-order valence-corrected chi connectivity index (χ1v) is 6.61. The van der Waals surface area contributed by atoms with Crippen molar-refractivity contribution < 1.29 is 9.13 Å². The van der Waals surface area contributed by atoms with Crippen LogP contribution in [0.25, 0.3) is 0 Å². The molecule has 21 heavy (non-hydrogen) atoms. The van der Waals surface area contributed by atoms with Crippen LogP contribution in [-0.2, 0) is 17.8 Å². The van der Waals surface area contributed by atoms with E-state index in [2.05, 4.69) is 10.3 Å². The van der Waals surface area contributed by atoms with E-state index < -0.39 is 0 Å². The molecule has 0 aliphatic rings. The Morgan fingerprint density at radius 2 is 2.33 bits per heavy atom. The third-order valence-electron chi connectivity index (χ3n) is 3.01. The van der Waals surface area contributed by atoms with Crippen LogP contribution < -0.4 is 5.32 Å². The molecule has 0 unspecified atom stereocenters. The van der Waals surface area contributed by atoms with Crippen LogP contribution >= 0.6 is 0 Å². The number of methoxy groups -OCH3 is 1. The van der Waals surface area contributed by atoms with Gasteiger partial charge in [0.2, 0.25) is 0 Å². The second kappa shape index (κ2) is 7.53. The summed E-state index contributed by atoms with van der Waals surface area (Å²) in [6.07, 6.45) is 3.54. The summed E-state index contributed by atoms with van der Waals surface area (Å²) in [5.74, 6) is -0.373. The third kappa shape index (κ3) is 4.38. The molecule has 0 fully saturated rings. The van der Waals surface area contributed by atoms with Gasteiger partial charge >= 0.3 is 0 Å². The lowest BCUT2D eigenvalue weighted by Crippen LogP contribution is -2.18. The fraction of sp³-hybridized carbons (Fsp3) is 0.333. The molecule has 1 heterocycles. The maximum absolute atomic E-state index is 13.8. The summed E-state index contributed by atoms with van der Waals surface area (Å²) in [4.78, 5) is 4.26. The Balaban J connectivity index is 1.95. The minimum Gasteiger partial charge on any atom is -0.383 e. The van der Waals surface area contributed by atoms with Crippen LogP contribution in [0.1, 0.15) is 16.8 Å². The van der Waals surface area contributed by atoms with Gasteiger partial charge in [0.25, 0.3) is 0 Å². The van der Waals surface area contributed by atoms with Crippen molar-refractivity contribution in [2.24, 2.45) is 0 Å². The molecule has 2 rings (SSSR count). The molecule has 0 radical (unpaired) electrons. The Bertz CT molecular complexity index is 633. The summed E-state index contributed by atoms with van der Waals surface area (Å²) in [5, 5.41) is 11.9. The molecular weight excluding hydrogens is 271 g/mol. The van der Waals surface area contributed by atoms with Crippen LogP contribution in [0.15, 0.2) is 30.7 Å². The van der Waals surface area contributed by atoms with Crippen LogP contribution in [0.5, 0.6) is 0 Å². The van der Waals surface area contributed by atoms with Gasteiger partial charge < -0.3 is 14.6 Å². The number of nitrogens with zero attached hydrogens (tertiary/aromatic N) is 3. The summed E-state index contributed by atoms with van der Waals surface area (Å²) < 4.78 is 20.6. The molecule has 0 amide bonds. The lowest BCUT2D eigenvalue weighted by Gasteiger charge is -2.04. The Labute approximate surface area is 123 Å². The molecule has 6 heteroatoms. The van der Waals surface area contributed by atoms with E-state index in [0.29, 0.717) is 30.8 Å². The van der Waals surface area contributed by atoms with E-state index in [0.717, 1.165) is 12.2 Å². The van der Waals surface area contributed by atoms with Crippen molar-refractivity contribution in [3.05, 3.63) is 53.4 Å². The molecule has 110 valence electrons. The monoisotopic (exact) mass is 288 g/mol. The van der Waals surface area contributed by atoms with E-state index in [4.69, 9.17) is 10.00 Å². The molecule has 0 saturated carbocycles. The maximum atomic E-state index is 13.8. The van der Waals surface area contributed by atoms with E-state index in [1.807, 2.05) is 16.8 Å². The molecule has 2 aromatic rings. The van der Waals surface area contributed by atoms with E-state index in [-0.39, 0.29) is 5.82 Å². The average molecular weight is 288 g/mol. The highest BCUT2D eigenvalue weighted by Crippen LogP contribution is 2.12. The van der Waals surface area contributed by atoms with E-state index in [9.17, 15) is 4.39 Å². The molecule has 1 aromatic carbocycles. The van der Waals surface area contributed by atoms with Gasteiger partial charge in [-0.1, -0.05) is 6.07 Å². The Kier molecular flexibility index (Phi) is 5.43. The molecule has 0 saturated heterocycles. The second-order valence-electron chi connectivity index (χ2n) is 4.62. The minimum atomic E-state index is -0.373. The molecule has 5 nitrogen and oxygen atoms in total. The van der Waals surface area contributed by atoms with Crippen LogP contribution in [0.3, 0.4) is 0 Å². The predicted molar refractivity (Wildman–Crippen MR) is 76.0 cm³/mol. The lowest BCUT2D eigenvalue weighted by molar-refractivity contribution is 0.199. The molecule has 1 aromatic heterocycles. The number of halogens is 1. The quantitative estimate of drug-likeness (QED) is 0.787. The summed E-state index contributed by atoms with van der Waals surface area (Å²) in [5.41, 5.74) is 1.75. The lowest BCUT2D eigenvalue weighted by atomic mass is 10.1. The van der Waals surface area contributed by atoms with Gasteiger partial charge in [0.05, 0.1) is 36.8 Å². The third-order valence-corrected chi connectivity index (χ3v) is 3.01. The number of imidazole rings is 1. The van der Waals surface area contributed by atoms with Gasteiger partial charge in [0.1, 0.15) is 5.82 Å². The van der Waals surface area contributed by atoms with Crippen LogP contribution in [-0.4, -0.2) is 29.8 Å². The van der Waals surface area contributed by atoms with Gasteiger partial charge in [-0.25, -0.2) is 9.37 Å². The van der Waals surface area contributed by atoms with Gasteiger partial charge in [0.15, 0.2) is 0 Å². The van der Waals surface area contributed by atoms with Crippen molar-refractivity contribution in [3.8, 4) is 6.07 Å². The number of rotatable bonds is 7. The SMILES string of the molecule is COCCNCc1cn(Cc2ccc(C#N)cc2F)cn1. The van der Waals surface area contributed by atoms with Crippen molar-refractivity contribution in [3.63, 3.8) is 0 Å². The highest BCUT2D eigenvalue weighted by molar-refractivity contribution is 5.33. The van der Waals surface area contributed by atoms with E-state index in [1.54, 1.807) is 25.6 Å². The summed E-state index contributed by atoms with van der Waals surface area (Å²) in [6.45, 7) is 2.44. The highest BCUT2D eigenvalue weighted by Gasteiger charge is 2.05. The number of nitriles is 1. The van der Waals surface area contributed by atoms with Crippen molar-refractivity contribution in [1.82, 2.24) is 14.9 Å². The van der Waals surface area contributed by atoms with Gasteiger partial charge in [-0.2, -0.15) is 5.26 Å². The standard InChI is InChI=1S/C15H17FN4O/c1-21-5-4-18-8-14-10-20(11-19-14)9-13-3-2-12(7-17)6-15(13)16/h2-3,6,10-11,18H,4-5,8-9H2,1H3. The fourth-order valence-corrected chi connectivity index (χ4v) is 1.92. The second-order valence-corrected chi connectivity index (χ2v) is 4.62. The molecule has 0 atom stereocenters. The van der Waals surface area contributed by atoms with Crippen molar-refractivity contribution in [1.29, 1.82) is 5.26 Å². The number of ether oxygens (including phenoxy) is 1. The van der Waals surface area contributed by atoms with E-state index >= 15 is 0 Å². The van der Waals surface area contributed by atoms with Crippen LogP contribution in [0.4, 0.5) is 4.39 Å². The van der Waals surface area contributed by atoms with Gasteiger partial charge in [-0.3, -0.25) is 0 Å². The molecule has 0 aliphatic carbocycles. The Morgan fingerprint density at radius 3 is 3.05 bits per heavy atom. The molecular formula is C15H17FN4O. The molecule has 0 spiro atoms. The number of aromatic nitrogens is 2. The zero-order valence-electron chi connectivity index (χ0n) is 11.8. The normalized spacial score (nSPS) is 10.5. The first-order valence-electron chi connectivity index (χ1n) is 6.61. The van der Waals surface area contributed by atoms with Gasteiger partial charge in [-0.05, 0) is 12.1 Å². The van der Waals surface area contributed by atoms with E-state index in [1.165, 1.54) is 6.07 Å². The topological polar surface area (TPSA) is 62.9 Å². The predicted octanol–water partition coefficient (Wildman–Crippen LogP) is 1.68. The zero-order chi connectivity index (χ0) is 15.1. The summed E-state index contributed by atoms with van der Waals surface area (Å²) >= 11 is 0. The largest absolute Gasteiger partial charge is 0.383 e. The first kappa shape index (κ1) is 15.2. The zero-order valence-corrected chi connectivity index (χ0v) is 11.8. The van der Waals surface area contributed by atoms with Gasteiger partial charge in [0, 0.05) is 32.0 Å². The molecule has 0 aliphatic heterocycles. The maximum Gasteiger partial charge on any atom is 0.129 e. The number of nitrogens with one attached hydrogen (secondary N) is 1. The van der Waals surface area contributed by atoms with Crippen molar-refractivity contribution >= 4 is 0 Å². The van der Waals surface area contributed by atoms with Crippen molar-refractivity contribution in [2.45, 2.75) is 13.1 Å². The summed E-state index contributed by atoms with van der Waals surface area (Å²) in [6, 6.07) is 6.41. The Hall–Kier alpha value is -2.23. The average Bonchev–Trinajstić information content (AvgIpc) is 2.93. The first-order chi connectivity index (χ1) is 10.2. The van der Waals surface area contributed by atoms with Crippen molar-refractivity contribution in [2.75, 3.05) is 20.3 Å². The Morgan fingerprint density at radius 1 is 1.48 bits per heavy atom. The smallest absolute Gasteiger partial charge is 0.129 e.